The summed E-state index contributed by atoms with van der Waals surface area (Å²) in [6.07, 6.45) is 1.66. The quantitative estimate of drug-likeness (QED) is 0.568. The highest BCUT2D eigenvalue weighted by atomic mass is 16.6. The smallest absolute Gasteiger partial charge is 0.269 e. The average Bonchev–Trinajstić information content (AvgIpc) is 2.64. The van der Waals surface area contributed by atoms with Crippen LogP contribution in [0.25, 0.3) is 0 Å². The fourth-order valence-corrected chi connectivity index (χ4v) is 2.91. The Bertz CT molecular complexity index is 700. The first-order valence-corrected chi connectivity index (χ1v) is 8.53. The summed E-state index contributed by atoms with van der Waals surface area (Å²) in [4.78, 5) is 13.1. The van der Waals surface area contributed by atoms with E-state index < -0.39 is 0 Å². The lowest BCUT2D eigenvalue weighted by atomic mass is 10.1. The van der Waals surface area contributed by atoms with E-state index in [1.165, 1.54) is 6.07 Å². The predicted octanol–water partition coefficient (Wildman–Crippen LogP) is 3.65. The van der Waals surface area contributed by atoms with E-state index >= 15 is 0 Å². The summed E-state index contributed by atoms with van der Waals surface area (Å²) in [5, 5.41) is 11.1. The van der Waals surface area contributed by atoms with Crippen molar-refractivity contribution in [3.8, 4) is 11.5 Å². The lowest BCUT2D eigenvalue weighted by Gasteiger charge is -2.26. The van der Waals surface area contributed by atoms with E-state index in [1.54, 1.807) is 12.1 Å². The zero-order valence-corrected chi connectivity index (χ0v) is 14.1. The summed E-state index contributed by atoms with van der Waals surface area (Å²) in [6, 6.07) is 14.3. The summed E-state index contributed by atoms with van der Waals surface area (Å²) in [5.74, 6) is 1.41. The Hall–Kier alpha value is -2.44. The second-order valence-electron chi connectivity index (χ2n) is 6.02. The number of benzene rings is 2. The molecule has 2 aromatic rings. The van der Waals surface area contributed by atoms with E-state index in [-0.39, 0.29) is 10.6 Å². The van der Waals surface area contributed by atoms with Gasteiger partial charge in [0.15, 0.2) is 0 Å². The van der Waals surface area contributed by atoms with Crippen LogP contribution in [-0.2, 0) is 11.2 Å². The van der Waals surface area contributed by atoms with Crippen LogP contribution in [-0.4, -0.2) is 42.7 Å². The molecule has 132 valence electrons. The normalized spacial score (nSPS) is 15.0. The second-order valence-corrected chi connectivity index (χ2v) is 6.02. The Morgan fingerprint density at radius 1 is 1.12 bits per heavy atom. The number of aryl methyl sites for hydroxylation is 1. The van der Waals surface area contributed by atoms with E-state index in [0.717, 1.165) is 57.0 Å². The van der Waals surface area contributed by atoms with Gasteiger partial charge in [-0.2, -0.15) is 0 Å². The second kappa shape index (κ2) is 8.60. The van der Waals surface area contributed by atoms with Crippen LogP contribution in [0.4, 0.5) is 5.69 Å². The van der Waals surface area contributed by atoms with Crippen molar-refractivity contribution >= 4 is 5.69 Å². The van der Waals surface area contributed by atoms with Crippen LogP contribution in [0.15, 0.2) is 48.5 Å². The van der Waals surface area contributed by atoms with Gasteiger partial charge >= 0.3 is 0 Å². The van der Waals surface area contributed by atoms with Gasteiger partial charge in [-0.15, -0.1) is 0 Å². The zero-order chi connectivity index (χ0) is 17.5. The van der Waals surface area contributed by atoms with Crippen LogP contribution in [0, 0.1) is 10.1 Å². The van der Waals surface area contributed by atoms with Gasteiger partial charge in [0.05, 0.1) is 18.1 Å². The van der Waals surface area contributed by atoms with Gasteiger partial charge in [-0.3, -0.25) is 15.0 Å². The Labute approximate surface area is 147 Å². The molecule has 1 heterocycles. The molecule has 6 heteroatoms. The highest BCUT2D eigenvalue weighted by Crippen LogP contribution is 2.29. The topological polar surface area (TPSA) is 64.8 Å². The molecule has 1 aliphatic heterocycles. The number of hydrogen-bond donors (Lipinski definition) is 0. The van der Waals surface area contributed by atoms with E-state index in [0.29, 0.717) is 5.75 Å². The molecule has 1 aliphatic rings. The fraction of sp³-hybridized carbons (Fsp3) is 0.368. The van der Waals surface area contributed by atoms with Crippen LogP contribution >= 0.6 is 0 Å². The van der Waals surface area contributed by atoms with Gasteiger partial charge in [-0.05, 0) is 37.6 Å². The summed E-state index contributed by atoms with van der Waals surface area (Å²) in [6.45, 7) is 4.40. The molecule has 25 heavy (non-hydrogen) atoms. The van der Waals surface area contributed by atoms with Crippen molar-refractivity contribution in [3.05, 3.63) is 64.2 Å². The first-order chi connectivity index (χ1) is 12.2. The summed E-state index contributed by atoms with van der Waals surface area (Å²) >= 11 is 0. The number of morpholine rings is 1. The molecule has 0 amide bonds. The standard InChI is InChI=1S/C19H22N2O4/c22-21(23)17-8-9-19(25-18-6-2-1-3-7-18)16(15-17)5-4-10-20-11-13-24-14-12-20/h1-3,6-9,15H,4-5,10-14H2. The molecule has 0 unspecified atom stereocenters. The molecule has 3 rings (SSSR count). The number of nitro benzene ring substituents is 1. The molecule has 0 spiro atoms. The number of rotatable bonds is 7. The van der Waals surface area contributed by atoms with Gasteiger partial charge in [0.1, 0.15) is 11.5 Å². The van der Waals surface area contributed by atoms with Crippen molar-refractivity contribution in [2.45, 2.75) is 12.8 Å². The Kier molecular flexibility index (Phi) is 5.98. The van der Waals surface area contributed by atoms with E-state index in [9.17, 15) is 10.1 Å². The fourth-order valence-electron chi connectivity index (χ4n) is 2.91. The minimum atomic E-state index is -0.363. The first-order valence-electron chi connectivity index (χ1n) is 8.53. The number of nitro groups is 1. The van der Waals surface area contributed by atoms with Crippen molar-refractivity contribution in [2.24, 2.45) is 0 Å². The molecule has 6 nitrogen and oxygen atoms in total. The molecule has 0 radical (unpaired) electrons. The number of non-ortho nitro benzene ring substituents is 1. The van der Waals surface area contributed by atoms with E-state index in [4.69, 9.17) is 9.47 Å². The van der Waals surface area contributed by atoms with Crippen molar-refractivity contribution in [1.82, 2.24) is 4.90 Å². The van der Waals surface area contributed by atoms with Gasteiger partial charge in [-0.25, -0.2) is 0 Å². The van der Waals surface area contributed by atoms with Crippen LogP contribution in [0.3, 0.4) is 0 Å². The summed E-state index contributed by atoms with van der Waals surface area (Å²) < 4.78 is 11.3. The van der Waals surface area contributed by atoms with Gasteiger partial charge in [0.2, 0.25) is 0 Å². The molecule has 0 N–H and O–H groups in total. The molecule has 1 saturated heterocycles. The number of hydrogen-bond acceptors (Lipinski definition) is 5. The maximum atomic E-state index is 11.1. The average molecular weight is 342 g/mol. The van der Waals surface area contributed by atoms with Crippen LogP contribution < -0.4 is 4.74 Å². The van der Waals surface area contributed by atoms with Crippen molar-refractivity contribution in [2.75, 3.05) is 32.8 Å². The van der Waals surface area contributed by atoms with Crippen molar-refractivity contribution in [3.63, 3.8) is 0 Å². The molecule has 0 bridgehead atoms. The number of para-hydroxylation sites is 1. The van der Waals surface area contributed by atoms with Crippen molar-refractivity contribution < 1.29 is 14.4 Å². The maximum Gasteiger partial charge on any atom is 0.269 e. The van der Waals surface area contributed by atoms with Gasteiger partial charge in [0, 0.05) is 30.8 Å². The van der Waals surface area contributed by atoms with Gasteiger partial charge < -0.3 is 9.47 Å². The zero-order valence-electron chi connectivity index (χ0n) is 14.1. The largest absolute Gasteiger partial charge is 0.457 e. The highest BCUT2D eigenvalue weighted by molar-refractivity contribution is 5.45. The van der Waals surface area contributed by atoms with Crippen molar-refractivity contribution in [1.29, 1.82) is 0 Å². The van der Waals surface area contributed by atoms with Gasteiger partial charge in [0.25, 0.3) is 5.69 Å². The molecular formula is C19H22N2O4. The minimum absolute atomic E-state index is 0.0989. The third-order valence-corrected chi connectivity index (χ3v) is 4.25. The Morgan fingerprint density at radius 2 is 1.88 bits per heavy atom. The van der Waals surface area contributed by atoms with Crippen LogP contribution in [0.2, 0.25) is 0 Å². The van der Waals surface area contributed by atoms with Crippen LogP contribution in [0.1, 0.15) is 12.0 Å². The predicted molar refractivity (Wildman–Crippen MR) is 95.2 cm³/mol. The molecule has 0 aromatic heterocycles. The SMILES string of the molecule is O=[N+]([O-])c1ccc(Oc2ccccc2)c(CCCN2CCOCC2)c1. The third kappa shape index (κ3) is 5.01. The number of nitrogens with zero attached hydrogens (tertiary/aromatic N) is 2. The van der Waals surface area contributed by atoms with E-state index in [1.807, 2.05) is 30.3 Å². The number of ether oxygens (including phenoxy) is 2. The Morgan fingerprint density at radius 3 is 2.60 bits per heavy atom. The monoisotopic (exact) mass is 342 g/mol. The maximum absolute atomic E-state index is 11.1. The molecule has 0 aliphatic carbocycles. The molecule has 2 aromatic carbocycles. The van der Waals surface area contributed by atoms with E-state index in [2.05, 4.69) is 4.90 Å². The molecular weight excluding hydrogens is 320 g/mol. The van der Waals surface area contributed by atoms with Crippen LogP contribution in [0.5, 0.6) is 11.5 Å². The molecule has 0 atom stereocenters. The summed E-state index contributed by atoms with van der Waals surface area (Å²) in [5.41, 5.74) is 0.966. The molecule has 1 fully saturated rings. The summed E-state index contributed by atoms with van der Waals surface area (Å²) in [7, 11) is 0. The first kappa shape index (κ1) is 17.4. The lowest BCUT2D eigenvalue weighted by Crippen LogP contribution is -2.36. The molecule has 0 saturated carbocycles. The van der Waals surface area contributed by atoms with Gasteiger partial charge in [-0.1, -0.05) is 18.2 Å². The minimum Gasteiger partial charge on any atom is -0.457 e. The lowest BCUT2D eigenvalue weighted by molar-refractivity contribution is -0.384. The third-order valence-electron chi connectivity index (χ3n) is 4.25. The Balaban J connectivity index is 1.69. The highest BCUT2D eigenvalue weighted by Gasteiger charge is 2.14.